The summed E-state index contributed by atoms with van der Waals surface area (Å²) in [6.45, 7) is 4.82. The first-order valence-corrected chi connectivity index (χ1v) is 12.8. The normalized spacial score (nSPS) is 15.6. The number of amides is 1. The fourth-order valence-electron chi connectivity index (χ4n) is 3.93. The number of hydrogen-bond acceptors (Lipinski definition) is 7. The quantitative estimate of drug-likeness (QED) is 0.473. The second kappa shape index (κ2) is 11.7. The van der Waals surface area contributed by atoms with Crippen LogP contribution in [-0.2, 0) is 26.1 Å². The van der Waals surface area contributed by atoms with E-state index in [4.69, 9.17) is 9.47 Å². The van der Waals surface area contributed by atoms with Crippen molar-refractivity contribution in [1.29, 1.82) is 0 Å². The van der Waals surface area contributed by atoms with E-state index in [0.717, 1.165) is 17.7 Å². The minimum Gasteiger partial charge on any atom is -0.497 e. The van der Waals surface area contributed by atoms with Gasteiger partial charge >= 0.3 is 0 Å². The van der Waals surface area contributed by atoms with E-state index in [2.05, 4.69) is 10.3 Å². The highest BCUT2D eigenvalue weighted by Gasteiger charge is 2.25. The summed E-state index contributed by atoms with van der Waals surface area (Å²) in [5.74, 6) is 0.353. The molecule has 1 unspecified atom stereocenters. The Morgan fingerprint density at radius 1 is 1.20 bits per heavy atom. The van der Waals surface area contributed by atoms with Crippen LogP contribution in [0.4, 0.5) is 0 Å². The Morgan fingerprint density at radius 2 is 1.86 bits per heavy atom. The second-order valence-corrected chi connectivity index (χ2v) is 10.7. The Labute approximate surface area is 207 Å². The molecule has 3 rings (SSSR count). The van der Waals surface area contributed by atoms with Gasteiger partial charge in [0.05, 0.1) is 31.0 Å². The number of rotatable bonds is 11. The first-order chi connectivity index (χ1) is 16.6. The molecule has 1 aliphatic rings. The summed E-state index contributed by atoms with van der Waals surface area (Å²) in [5, 5.41) is 2.82. The Bertz CT molecular complexity index is 1140. The summed E-state index contributed by atoms with van der Waals surface area (Å²) in [6, 6.07) is 11.6. The number of carbonyl (C=O) groups excluding carboxylic acids is 1. The molecular formula is C25H34N4O5S. The van der Waals surface area contributed by atoms with Crippen molar-refractivity contribution >= 4 is 22.3 Å². The summed E-state index contributed by atoms with van der Waals surface area (Å²) in [4.78, 5) is 18.9. The van der Waals surface area contributed by atoms with Crippen LogP contribution in [0.1, 0.15) is 28.3 Å². The summed E-state index contributed by atoms with van der Waals surface area (Å²) < 4.78 is 37.9. The Kier molecular flexibility index (Phi) is 8.87. The van der Waals surface area contributed by atoms with Crippen LogP contribution in [-0.4, -0.2) is 77.4 Å². The van der Waals surface area contributed by atoms with E-state index in [-0.39, 0.29) is 36.6 Å². The van der Waals surface area contributed by atoms with Crippen molar-refractivity contribution in [3.05, 3.63) is 58.7 Å². The van der Waals surface area contributed by atoms with Crippen LogP contribution < -0.4 is 10.1 Å². The van der Waals surface area contributed by atoms with Crippen LogP contribution in [0.5, 0.6) is 5.75 Å². The Hall–Kier alpha value is -2.95. The number of ether oxygens (including phenoxy) is 2. The SMILES string of the molecule is COc1cc(C)c(S(=O)(=O)N(C)CCOCC(=O)NCc2ccc(C3CN(C)C=N3)cc2)c(C)c1. The number of likely N-dealkylation sites (N-methyl/N-ethyl adjacent to an activating group) is 2. The third-order valence-electron chi connectivity index (χ3n) is 5.88. The lowest BCUT2D eigenvalue weighted by Gasteiger charge is -2.20. The van der Waals surface area contributed by atoms with Gasteiger partial charge in [0.2, 0.25) is 15.9 Å². The fourth-order valence-corrected chi connectivity index (χ4v) is 5.49. The number of sulfonamides is 1. The Balaban J connectivity index is 1.42. The third-order valence-corrected chi connectivity index (χ3v) is 8.04. The van der Waals surface area contributed by atoms with Crippen molar-refractivity contribution in [2.45, 2.75) is 31.3 Å². The van der Waals surface area contributed by atoms with Crippen molar-refractivity contribution in [1.82, 2.24) is 14.5 Å². The number of aliphatic imine (C=N–C) groups is 1. The van der Waals surface area contributed by atoms with Crippen LogP contribution in [0, 0.1) is 13.8 Å². The summed E-state index contributed by atoms with van der Waals surface area (Å²) in [5.41, 5.74) is 3.35. The average molecular weight is 503 g/mol. The molecule has 0 saturated heterocycles. The topological polar surface area (TPSA) is 101 Å². The molecule has 1 aliphatic heterocycles. The second-order valence-electron chi connectivity index (χ2n) is 8.71. The fraction of sp³-hybridized carbons (Fsp3) is 0.440. The first-order valence-electron chi connectivity index (χ1n) is 11.4. The molecule has 0 bridgehead atoms. The minimum atomic E-state index is -3.70. The van der Waals surface area contributed by atoms with Crippen LogP contribution in [0.25, 0.3) is 0 Å². The van der Waals surface area contributed by atoms with Crippen LogP contribution in [0.15, 0.2) is 46.3 Å². The lowest BCUT2D eigenvalue weighted by atomic mass is 10.1. The lowest BCUT2D eigenvalue weighted by molar-refractivity contribution is -0.125. The van der Waals surface area contributed by atoms with Crippen molar-refractivity contribution in [3.63, 3.8) is 0 Å². The van der Waals surface area contributed by atoms with Gasteiger partial charge in [-0.15, -0.1) is 0 Å². The molecule has 2 aromatic carbocycles. The number of methoxy groups -OCH3 is 1. The molecule has 35 heavy (non-hydrogen) atoms. The molecule has 190 valence electrons. The molecule has 0 aromatic heterocycles. The minimum absolute atomic E-state index is 0.0997. The van der Waals surface area contributed by atoms with Crippen molar-refractivity contribution in [2.75, 3.05) is 47.5 Å². The van der Waals surface area contributed by atoms with Crippen LogP contribution >= 0.6 is 0 Å². The standard InChI is InChI=1S/C25H34N4O5S/c1-18-12-22(33-5)13-19(2)25(18)35(31,32)29(4)10-11-34-16-24(30)26-14-20-6-8-21(9-7-20)23-15-28(3)17-27-23/h6-9,12-13,17,23H,10-11,14-16H2,1-5H3,(H,26,30). The summed E-state index contributed by atoms with van der Waals surface area (Å²) >= 11 is 0. The maximum absolute atomic E-state index is 13.0. The largest absolute Gasteiger partial charge is 0.497 e. The smallest absolute Gasteiger partial charge is 0.246 e. The van der Waals surface area contributed by atoms with E-state index in [9.17, 15) is 13.2 Å². The van der Waals surface area contributed by atoms with Gasteiger partial charge < -0.3 is 19.7 Å². The van der Waals surface area contributed by atoms with Gasteiger partial charge in [0, 0.05) is 33.7 Å². The lowest BCUT2D eigenvalue weighted by Crippen LogP contribution is -2.33. The molecule has 9 nitrogen and oxygen atoms in total. The molecule has 1 N–H and O–H groups in total. The zero-order chi connectivity index (χ0) is 25.6. The maximum Gasteiger partial charge on any atom is 0.246 e. The zero-order valence-corrected chi connectivity index (χ0v) is 21.8. The molecule has 0 spiro atoms. The van der Waals surface area contributed by atoms with Gasteiger partial charge in [-0.25, -0.2) is 8.42 Å². The van der Waals surface area contributed by atoms with Gasteiger partial charge in [0.15, 0.2) is 0 Å². The number of hydrogen-bond donors (Lipinski definition) is 1. The van der Waals surface area contributed by atoms with Gasteiger partial charge in [-0.2, -0.15) is 4.31 Å². The van der Waals surface area contributed by atoms with Crippen LogP contribution in [0.2, 0.25) is 0 Å². The van der Waals surface area contributed by atoms with Gasteiger partial charge in [0.25, 0.3) is 0 Å². The molecule has 0 fully saturated rings. The molecule has 0 radical (unpaired) electrons. The Morgan fingerprint density at radius 3 is 2.43 bits per heavy atom. The summed E-state index contributed by atoms with van der Waals surface area (Å²) in [7, 11) is 1.34. The van der Waals surface area contributed by atoms with Crippen molar-refractivity contribution < 1.29 is 22.7 Å². The van der Waals surface area contributed by atoms with E-state index in [1.165, 1.54) is 11.4 Å². The average Bonchev–Trinajstić information content (AvgIpc) is 3.26. The van der Waals surface area contributed by atoms with E-state index >= 15 is 0 Å². The van der Waals surface area contributed by atoms with E-state index in [1.54, 1.807) is 33.1 Å². The number of nitrogens with zero attached hydrogens (tertiary/aromatic N) is 3. The molecule has 2 aromatic rings. The molecular weight excluding hydrogens is 468 g/mol. The molecule has 1 heterocycles. The summed E-state index contributed by atoms with van der Waals surface area (Å²) in [6.07, 6.45) is 1.84. The maximum atomic E-state index is 13.0. The van der Waals surface area contributed by atoms with Crippen LogP contribution in [0.3, 0.4) is 0 Å². The highest BCUT2D eigenvalue weighted by molar-refractivity contribution is 7.89. The number of nitrogens with one attached hydrogen (secondary N) is 1. The highest BCUT2D eigenvalue weighted by Crippen LogP contribution is 2.27. The molecule has 1 atom stereocenters. The monoisotopic (exact) mass is 502 g/mol. The predicted octanol–water partition coefficient (Wildman–Crippen LogP) is 2.28. The first kappa shape index (κ1) is 26.7. The molecule has 1 amide bonds. The molecule has 0 saturated carbocycles. The number of carbonyl (C=O) groups is 1. The van der Waals surface area contributed by atoms with E-state index in [1.807, 2.05) is 42.6 Å². The third kappa shape index (κ3) is 6.81. The van der Waals surface area contributed by atoms with Gasteiger partial charge in [-0.3, -0.25) is 9.79 Å². The van der Waals surface area contributed by atoms with Gasteiger partial charge in [-0.05, 0) is 48.2 Å². The zero-order valence-electron chi connectivity index (χ0n) is 20.9. The van der Waals surface area contributed by atoms with E-state index < -0.39 is 10.0 Å². The van der Waals surface area contributed by atoms with E-state index in [0.29, 0.717) is 23.4 Å². The van der Waals surface area contributed by atoms with Gasteiger partial charge in [0.1, 0.15) is 12.4 Å². The van der Waals surface area contributed by atoms with Gasteiger partial charge in [-0.1, -0.05) is 24.3 Å². The highest BCUT2D eigenvalue weighted by atomic mass is 32.2. The molecule has 10 heteroatoms. The van der Waals surface area contributed by atoms with Crippen molar-refractivity contribution in [3.8, 4) is 5.75 Å². The van der Waals surface area contributed by atoms with Crippen molar-refractivity contribution in [2.24, 2.45) is 4.99 Å². The predicted molar refractivity (Wildman–Crippen MR) is 135 cm³/mol. The number of aryl methyl sites for hydroxylation is 2. The molecule has 0 aliphatic carbocycles. The number of benzene rings is 2.